The number of hydrogen-bond acceptors (Lipinski definition) is 2. The first kappa shape index (κ1) is 13.9. The molecule has 1 aliphatic heterocycles. The molecule has 0 aromatic heterocycles. The van der Waals surface area contributed by atoms with E-state index in [0.717, 1.165) is 17.7 Å². The third-order valence-electron chi connectivity index (χ3n) is 3.97. The minimum absolute atomic E-state index is 0.126. The molecule has 3 unspecified atom stereocenters. The third-order valence-corrected chi connectivity index (χ3v) is 5.10. The highest BCUT2D eigenvalue weighted by Gasteiger charge is 2.23. The van der Waals surface area contributed by atoms with Crippen molar-refractivity contribution >= 4 is 11.8 Å². The first-order chi connectivity index (χ1) is 8.61. The van der Waals surface area contributed by atoms with Gasteiger partial charge in [0, 0.05) is 17.0 Å². The van der Waals surface area contributed by atoms with E-state index in [1.54, 1.807) is 12.1 Å². The highest BCUT2D eigenvalue weighted by molar-refractivity contribution is 7.99. The number of fused-ring (bicyclic) bond motifs is 1. The Morgan fingerprint density at radius 1 is 1.44 bits per heavy atom. The monoisotopic (exact) mass is 267 g/mol. The van der Waals surface area contributed by atoms with Crippen LogP contribution in [0, 0.1) is 11.7 Å². The molecule has 0 radical (unpaired) electrons. The zero-order chi connectivity index (χ0) is 13.1. The Labute approximate surface area is 114 Å². The lowest BCUT2D eigenvalue weighted by Gasteiger charge is -2.31. The molecule has 1 aromatic carbocycles. The summed E-state index contributed by atoms with van der Waals surface area (Å²) in [7, 11) is 0. The van der Waals surface area contributed by atoms with Crippen LogP contribution in [0.4, 0.5) is 4.39 Å². The van der Waals surface area contributed by atoms with Crippen molar-refractivity contribution in [3.8, 4) is 0 Å². The fourth-order valence-electron chi connectivity index (χ4n) is 2.37. The fourth-order valence-corrected chi connectivity index (χ4v) is 3.48. The van der Waals surface area contributed by atoms with Gasteiger partial charge in [-0.2, -0.15) is 0 Å². The second-order valence-corrected chi connectivity index (χ2v) is 6.35. The Morgan fingerprint density at radius 2 is 2.22 bits per heavy atom. The van der Waals surface area contributed by atoms with Crippen LogP contribution in [0.15, 0.2) is 23.1 Å². The lowest BCUT2D eigenvalue weighted by atomic mass is 9.97. The van der Waals surface area contributed by atoms with Crippen LogP contribution in [0.2, 0.25) is 0 Å². The summed E-state index contributed by atoms with van der Waals surface area (Å²) >= 11 is 1.84. The van der Waals surface area contributed by atoms with Crippen LogP contribution in [-0.4, -0.2) is 11.8 Å². The average Bonchev–Trinajstić information content (AvgIpc) is 2.38. The van der Waals surface area contributed by atoms with Crippen molar-refractivity contribution in [1.82, 2.24) is 5.32 Å². The fraction of sp³-hybridized carbons (Fsp3) is 0.600. The third kappa shape index (κ3) is 3.07. The predicted molar refractivity (Wildman–Crippen MR) is 76.5 cm³/mol. The van der Waals surface area contributed by atoms with Gasteiger partial charge in [0.25, 0.3) is 0 Å². The van der Waals surface area contributed by atoms with Gasteiger partial charge in [-0.25, -0.2) is 4.39 Å². The topological polar surface area (TPSA) is 12.0 Å². The molecule has 0 saturated heterocycles. The molecule has 0 bridgehead atoms. The molecule has 1 aromatic rings. The summed E-state index contributed by atoms with van der Waals surface area (Å²) in [6.45, 7) is 6.71. The molecule has 1 heterocycles. The first-order valence-electron chi connectivity index (χ1n) is 6.80. The molecule has 0 saturated carbocycles. The van der Waals surface area contributed by atoms with Crippen molar-refractivity contribution < 1.29 is 4.39 Å². The lowest BCUT2D eigenvalue weighted by molar-refractivity contribution is 0.342. The maximum Gasteiger partial charge on any atom is 0.123 e. The van der Waals surface area contributed by atoms with E-state index >= 15 is 0 Å². The zero-order valence-electron chi connectivity index (χ0n) is 11.4. The van der Waals surface area contributed by atoms with Gasteiger partial charge in [-0.1, -0.05) is 20.3 Å². The summed E-state index contributed by atoms with van der Waals surface area (Å²) in [6.07, 6.45) is 2.26. The molecule has 2 rings (SSSR count). The minimum Gasteiger partial charge on any atom is -0.307 e. The second-order valence-electron chi connectivity index (χ2n) is 5.21. The molecule has 18 heavy (non-hydrogen) atoms. The number of rotatable bonds is 4. The summed E-state index contributed by atoms with van der Waals surface area (Å²) in [6, 6.07) is 5.95. The molecule has 0 fully saturated rings. The van der Waals surface area contributed by atoms with Gasteiger partial charge < -0.3 is 5.32 Å². The van der Waals surface area contributed by atoms with Gasteiger partial charge >= 0.3 is 0 Å². The Morgan fingerprint density at radius 3 is 2.94 bits per heavy atom. The first-order valence-corrected chi connectivity index (χ1v) is 7.78. The lowest BCUT2D eigenvalue weighted by Crippen LogP contribution is -2.36. The van der Waals surface area contributed by atoms with E-state index in [-0.39, 0.29) is 5.82 Å². The Kier molecular flexibility index (Phi) is 4.68. The highest BCUT2D eigenvalue weighted by atomic mass is 32.2. The Hall–Kier alpha value is -0.540. The van der Waals surface area contributed by atoms with Crippen LogP contribution in [0.1, 0.15) is 45.2 Å². The van der Waals surface area contributed by atoms with E-state index < -0.39 is 0 Å². The predicted octanol–water partition coefficient (Wildman–Crippen LogP) is 4.39. The van der Waals surface area contributed by atoms with Crippen LogP contribution in [0.5, 0.6) is 0 Å². The molecule has 1 aliphatic rings. The number of nitrogens with one attached hydrogen (secondary N) is 1. The molecule has 100 valence electrons. The standard InChI is InChI=1S/C15H22FNS/c1-4-10(2)11(3)17-14-7-8-18-15-6-5-12(16)9-13(14)15/h5-6,9-11,14,17H,4,7-8H2,1-3H3. The maximum atomic E-state index is 13.4. The quantitative estimate of drug-likeness (QED) is 0.868. The molecule has 0 aliphatic carbocycles. The van der Waals surface area contributed by atoms with Crippen molar-refractivity contribution in [2.75, 3.05) is 5.75 Å². The molecule has 0 amide bonds. The molecular formula is C15H22FNS. The van der Waals surface area contributed by atoms with E-state index in [1.807, 2.05) is 17.8 Å². The summed E-state index contributed by atoms with van der Waals surface area (Å²) in [5.74, 6) is 1.64. The van der Waals surface area contributed by atoms with E-state index in [0.29, 0.717) is 18.0 Å². The van der Waals surface area contributed by atoms with Crippen LogP contribution in [0.25, 0.3) is 0 Å². The van der Waals surface area contributed by atoms with E-state index in [4.69, 9.17) is 0 Å². The average molecular weight is 267 g/mol. The van der Waals surface area contributed by atoms with Gasteiger partial charge in [-0.3, -0.25) is 0 Å². The Bertz CT molecular complexity index is 407. The molecule has 3 atom stereocenters. The van der Waals surface area contributed by atoms with Gasteiger partial charge in [-0.05, 0) is 48.8 Å². The van der Waals surface area contributed by atoms with Crippen molar-refractivity contribution in [1.29, 1.82) is 0 Å². The maximum absolute atomic E-state index is 13.4. The van der Waals surface area contributed by atoms with Crippen molar-refractivity contribution in [2.24, 2.45) is 5.92 Å². The van der Waals surface area contributed by atoms with Crippen LogP contribution in [-0.2, 0) is 0 Å². The van der Waals surface area contributed by atoms with Gasteiger partial charge in [0.05, 0.1) is 0 Å². The van der Waals surface area contributed by atoms with Crippen LogP contribution in [0.3, 0.4) is 0 Å². The van der Waals surface area contributed by atoms with Gasteiger partial charge in [0.15, 0.2) is 0 Å². The van der Waals surface area contributed by atoms with Crippen molar-refractivity contribution in [2.45, 2.75) is 50.6 Å². The SMILES string of the molecule is CCC(C)C(C)NC1CCSc2ccc(F)cc21. The van der Waals surface area contributed by atoms with Gasteiger partial charge in [0.1, 0.15) is 5.82 Å². The summed E-state index contributed by atoms with van der Waals surface area (Å²) in [4.78, 5) is 1.23. The summed E-state index contributed by atoms with van der Waals surface area (Å²) < 4.78 is 13.4. The number of hydrogen-bond donors (Lipinski definition) is 1. The van der Waals surface area contributed by atoms with Crippen molar-refractivity contribution in [3.63, 3.8) is 0 Å². The number of thioether (sulfide) groups is 1. The van der Waals surface area contributed by atoms with Crippen LogP contribution >= 0.6 is 11.8 Å². The molecular weight excluding hydrogens is 245 g/mol. The second kappa shape index (κ2) is 6.07. The molecule has 3 heteroatoms. The van der Waals surface area contributed by atoms with Crippen molar-refractivity contribution in [3.05, 3.63) is 29.6 Å². The zero-order valence-corrected chi connectivity index (χ0v) is 12.2. The number of benzene rings is 1. The molecule has 1 N–H and O–H groups in total. The molecule has 0 spiro atoms. The van der Waals surface area contributed by atoms with E-state index in [1.165, 1.54) is 11.3 Å². The largest absolute Gasteiger partial charge is 0.307 e. The summed E-state index contributed by atoms with van der Waals surface area (Å²) in [5, 5.41) is 3.67. The number of halogens is 1. The molecule has 1 nitrogen and oxygen atoms in total. The van der Waals surface area contributed by atoms with E-state index in [2.05, 4.69) is 26.1 Å². The van der Waals surface area contributed by atoms with Gasteiger partial charge in [-0.15, -0.1) is 11.8 Å². The summed E-state index contributed by atoms with van der Waals surface area (Å²) in [5.41, 5.74) is 1.14. The van der Waals surface area contributed by atoms with E-state index in [9.17, 15) is 4.39 Å². The smallest absolute Gasteiger partial charge is 0.123 e. The highest BCUT2D eigenvalue weighted by Crippen LogP contribution is 2.37. The Balaban J connectivity index is 2.14. The minimum atomic E-state index is -0.126. The van der Waals surface area contributed by atoms with Gasteiger partial charge in [0.2, 0.25) is 0 Å². The van der Waals surface area contributed by atoms with Crippen LogP contribution < -0.4 is 5.32 Å². The normalized spacial score (nSPS) is 22.3.